The van der Waals surface area contributed by atoms with E-state index in [9.17, 15) is 0 Å². The highest BCUT2D eigenvalue weighted by molar-refractivity contribution is 7.99. The summed E-state index contributed by atoms with van der Waals surface area (Å²) >= 11 is 7.16. The number of hydrogen-bond donors (Lipinski definition) is 2. The normalized spacial score (nSPS) is 15.2. The minimum atomic E-state index is 0.548. The predicted molar refractivity (Wildman–Crippen MR) is 97.3 cm³/mol. The van der Waals surface area contributed by atoms with Gasteiger partial charge in [-0.3, -0.25) is 5.43 Å². The van der Waals surface area contributed by atoms with Crippen LogP contribution < -0.4 is 10.7 Å². The molecule has 0 spiro atoms. The highest BCUT2D eigenvalue weighted by Crippen LogP contribution is 2.29. The van der Waals surface area contributed by atoms with Crippen LogP contribution in [-0.4, -0.2) is 16.6 Å². The van der Waals surface area contributed by atoms with Crippen molar-refractivity contribution in [3.05, 3.63) is 65.7 Å². The number of nitrogens with zero attached hydrogens (tertiary/aromatic N) is 1. The molecule has 2 N–H and O–H groups in total. The Morgan fingerprint density at radius 3 is 2.73 bits per heavy atom. The topological polar surface area (TPSA) is 36.4 Å². The van der Waals surface area contributed by atoms with Crippen LogP contribution in [0.5, 0.6) is 0 Å². The second-order valence-corrected chi connectivity index (χ2v) is 6.48. The summed E-state index contributed by atoms with van der Waals surface area (Å²) in [5.74, 6) is 1.06. The highest BCUT2D eigenvalue weighted by Gasteiger charge is 2.15. The van der Waals surface area contributed by atoms with Crippen molar-refractivity contribution in [1.82, 2.24) is 10.7 Å². The molecule has 1 aliphatic rings. The molecule has 3 nitrogen and oxygen atoms in total. The zero-order valence-electron chi connectivity index (χ0n) is 12.1. The van der Waals surface area contributed by atoms with Crippen LogP contribution in [0.2, 0.25) is 0 Å². The summed E-state index contributed by atoms with van der Waals surface area (Å²) in [7, 11) is 0. The van der Waals surface area contributed by atoms with Crippen molar-refractivity contribution in [3.8, 4) is 0 Å². The first kappa shape index (κ1) is 15.1. The molecule has 0 aromatic heterocycles. The van der Waals surface area contributed by atoms with E-state index in [1.54, 1.807) is 0 Å². The van der Waals surface area contributed by atoms with Crippen LogP contribution in [0.4, 0.5) is 0 Å². The fourth-order valence-corrected chi connectivity index (χ4v) is 3.42. The van der Waals surface area contributed by atoms with Crippen LogP contribution in [-0.2, 0) is 6.54 Å². The molecule has 0 unspecified atom stereocenters. The first-order valence-corrected chi connectivity index (χ1v) is 8.59. The van der Waals surface area contributed by atoms with Crippen molar-refractivity contribution in [1.29, 1.82) is 0 Å². The lowest BCUT2D eigenvalue weighted by Crippen LogP contribution is -2.32. The minimum absolute atomic E-state index is 0.548. The van der Waals surface area contributed by atoms with E-state index in [0.29, 0.717) is 11.7 Å². The summed E-state index contributed by atoms with van der Waals surface area (Å²) in [5.41, 5.74) is 6.43. The zero-order valence-corrected chi connectivity index (χ0v) is 13.7. The lowest BCUT2D eigenvalue weighted by Gasteiger charge is -2.17. The van der Waals surface area contributed by atoms with E-state index >= 15 is 0 Å². The molecule has 0 saturated carbocycles. The van der Waals surface area contributed by atoms with E-state index in [2.05, 4.69) is 46.2 Å². The van der Waals surface area contributed by atoms with Gasteiger partial charge in [-0.2, -0.15) is 5.10 Å². The number of nitrogens with one attached hydrogen (secondary N) is 2. The Labute approximate surface area is 140 Å². The summed E-state index contributed by atoms with van der Waals surface area (Å²) in [5, 5.41) is 8.21. The second kappa shape index (κ2) is 7.42. The summed E-state index contributed by atoms with van der Waals surface area (Å²) < 4.78 is 0. The number of rotatable bonds is 3. The highest BCUT2D eigenvalue weighted by atomic mass is 32.2. The van der Waals surface area contributed by atoms with Crippen molar-refractivity contribution < 1.29 is 0 Å². The Morgan fingerprint density at radius 2 is 1.86 bits per heavy atom. The van der Waals surface area contributed by atoms with E-state index < -0.39 is 0 Å². The molecule has 0 aliphatic carbocycles. The van der Waals surface area contributed by atoms with Gasteiger partial charge in [-0.15, -0.1) is 11.8 Å². The maximum absolute atomic E-state index is 5.29. The van der Waals surface area contributed by atoms with Crippen molar-refractivity contribution in [2.75, 3.05) is 5.75 Å². The van der Waals surface area contributed by atoms with Gasteiger partial charge < -0.3 is 5.32 Å². The second-order valence-electron chi connectivity index (χ2n) is 4.93. The fraction of sp³-hybridized carbons (Fsp3) is 0.176. The Morgan fingerprint density at radius 1 is 1.09 bits per heavy atom. The Kier molecular flexibility index (Phi) is 5.08. The van der Waals surface area contributed by atoms with Crippen molar-refractivity contribution in [2.24, 2.45) is 5.10 Å². The van der Waals surface area contributed by atoms with Gasteiger partial charge in [-0.05, 0) is 23.8 Å². The van der Waals surface area contributed by atoms with Gasteiger partial charge in [0.05, 0.1) is 5.71 Å². The van der Waals surface area contributed by atoms with E-state index in [0.717, 1.165) is 17.9 Å². The monoisotopic (exact) mass is 327 g/mol. The molecule has 0 fully saturated rings. The molecular weight excluding hydrogens is 310 g/mol. The SMILES string of the molecule is S=C(NCc1ccccc1)NN=C1CCSc2ccccc21. The average molecular weight is 327 g/mol. The smallest absolute Gasteiger partial charge is 0.187 e. The maximum Gasteiger partial charge on any atom is 0.187 e. The lowest BCUT2D eigenvalue weighted by atomic mass is 10.1. The molecule has 0 atom stereocenters. The lowest BCUT2D eigenvalue weighted by molar-refractivity contribution is 0.864. The van der Waals surface area contributed by atoms with E-state index in [1.807, 2.05) is 36.0 Å². The van der Waals surface area contributed by atoms with Gasteiger partial charge in [0, 0.05) is 29.2 Å². The van der Waals surface area contributed by atoms with Crippen LogP contribution in [0, 0.1) is 0 Å². The van der Waals surface area contributed by atoms with Gasteiger partial charge in [0.2, 0.25) is 0 Å². The van der Waals surface area contributed by atoms with Crippen LogP contribution in [0.15, 0.2) is 64.6 Å². The molecule has 3 rings (SSSR count). The first-order chi connectivity index (χ1) is 10.8. The van der Waals surface area contributed by atoms with Gasteiger partial charge in [0.25, 0.3) is 0 Å². The molecule has 0 amide bonds. The van der Waals surface area contributed by atoms with Crippen molar-refractivity contribution in [3.63, 3.8) is 0 Å². The number of benzene rings is 2. The number of hydrogen-bond acceptors (Lipinski definition) is 3. The molecule has 0 saturated heterocycles. The zero-order chi connectivity index (χ0) is 15.2. The Hall–Kier alpha value is -1.85. The number of hydrazone groups is 1. The van der Waals surface area contributed by atoms with Gasteiger partial charge in [0.15, 0.2) is 5.11 Å². The van der Waals surface area contributed by atoms with Gasteiger partial charge in [-0.1, -0.05) is 48.5 Å². The van der Waals surface area contributed by atoms with Crippen molar-refractivity contribution >= 4 is 34.8 Å². The number of thioether (sulfide) groups is 1. The molecule has 1 heterocycles. The number of fused-ring (bicyclic) bond motifs is 1. The first-order valence-electron chi connectivity index (χ1n) is 7.19. The molecule has 22 heavy (non-hydrogen) atoms. The maximum atomic E-state index is 5.29. The quantitative estimate of drug-likeness (QED) is 0.668. The third-order valence-corrected chi connectivity index (χ3v) is 4.69. The van der Waals surface area contributed by atoms with E-state index in [-0.39, 0.29) is 0 Å². The van der Waals surface area contributed by atoms with Crippen molar-refractivity contribution in [2.45, 2.75) is 17.9 Å². The van der Waals surface area contributed by atoms with Crippen LogP contribution in [0.1, 0.15) is 17.5 Å². The summed E-state index contributed by atoms with van der Waals surface area (Å²) in [6.07, 6.45) is 0.954. The average Bonchev–Trinajstić information content (AvgIpc) is 2.59. The standard InChI is InChI=1S/C17H17N3S2/c21-17(18-12-13-6-2-1-3-7-13)20-19-15-10-11-22-16-9-5-4-8-14(15)16/h1-9H,10-12H2,(H2,18,20,21). The summed E-state index contributed by atoms with van der Waals surface area (Å²) in [6, 6.07) is 18.5. The van der Waals surface area contributed by atoms with E-state index in [4.69, 9.17) is 12.2 Å². The molecule has 5 heteroatoms. The Bertz CT molecular complexity index is 683. The molecule has 2 aromatic rings. The third-order valence-electron chi connectivity index (χ3n) is 3.38. The molecule has 112 valence electrons. The van der Waals surface area contributed by atoms with Gasteiger partial charge >= 0.3 is 0 Å². The largest absolute Gasteiger partial charge is 0.357 e. The van der Waals surface area contributed by atoms with Gasteiger partial charge in [0.1, 0.15) is 0 Å². The van der Waals surface area contributed by atoms with Crippen LogP contribution in [0.25, 0.3) is 0 Å². The molecule has 0 bridgehead atoms. The molecule has 2 aromatic carbocycles. The Balaban J connectivity index is 1.59. The molecule has 0 radical (unpaired) electrons. The fourth-order valence-electron chi connectivity index (χ4n) is 2.28. The summed E-state index contributed by atoms with van der Waals surface area (Å²) in [4.78, 5) is 1.29. The molecule has 1 aliphatic heterocycles. The third kappa shape index (κ3) is 3.87. The molecular formula is C17H17N3S2. The number of thiocarbonyl (C=S) groups is 1. The van der Waals surface area contributed by atoms with E-state index in [1.165, 1.54) is 16.0 Å². The van der Waals surface area contributed by atoms with Crippen LogP contribution >= 0.6 is 24.0 Å². The summed E-state index contributed by atoms with van der Waals surface area (Å²) in [6.45, 7) is 0.698. The van der Waals surface area contributed by atoms with Crippen LogP contribution in [0.3, 0.4) is 0 Å². The van der Waals surface area contributed by atoms with Gasteiger partial charge in [-0.25, -0.2) is 0 Å². The minimum Gasteiger partial charge on any atom is -0.357 e. The predicted octanol–water partition coefficient (Wildman–Crippen LogP) is 3.55.